The number of nitrogens with zero attached hydrogens (tertiary/aromatic N) is 1. The molecule has 8 aliphatic rings. The fourth-order valence-corrected chi connectivity index (χ4v) is 16.4. The molecule has 3 aliphatic carbocycles. The number of aliphatic hydroxyl groups excluding tert-OH is 1. The van der Waals surface area contributed by atoms with E-state index in [-0.39, 0.29) is 72.6 Å². The molecule has 416 valence electrons. The molecule has 80 heavy (non-hydrogen) atoms. The minimum Gasteiger partial charge on any atom is -0.508 e. The molecule has 14 rings (SSSR count). The van der Waals surface area contributed by atoms with Crippen LogP contribution in [-0.4, -0.2) is 62.9 Å². The molecule has 0 amide bonds. The predicted octanol–water partition coefficient (Wildman–Crippen LogP) is 11.4. The average Bonchev–Trinajstić information content (AvgIpc) is 3.63. The van der Waals surface area contributed by atoms with Crippen molar-refractivity contribution in [3.8, 4) is 29.1 Å². The number of hydrogen-bond acceptors (Lipinski definition) is 9. The third-order valence-electron chi connectivity index (χ3n) is 19.2. The molecule has 6 aromatic carbocycles. The first kappa shape index (κ1) is 54.0. The second kappa shape index (κ2) is 21.7. The Balaban J connectivity index is 1.02. The number of allylic oxidation sites excluding steroid dienone is 1. The molecular formula is C67H73N3O9S. The molecular weight excluding hydrogens is 1020 g/mol. The van der Waals surface area contributed by atoms with E-state index in [1.807, 2.05) is 66.7 Å². The molecule has 12 nitrogen and oxygen atoms in total. The van der Waals surface area contributed by atoms with Crippen molar-refractivity contribution < 1.29 is 42.9 Å². The number of aliphatic imine (C=N–C) groups is 1. The van der Waals surface area contributed by atoms with Gasteiger partial charge in [0, 0.05) is 42.1 Å². The minimum absolute atomic E-state index is 0.0222. The average molecular weight is 1100 g/mol. The van der Waals surface area contributed by atoms with E-state index in [9.17, 15) is 33.4 Å². The Morgan fingerprint density at radius 3 is 2.40 bits per heavy atom. The zero-order valence-electron chi connectivity index (χ0n) is 45.3. The number of aryl methyl sites for hydroxylation is 1. The summed E-state index contributed by atoms with van der Waals surface area (Å²) in [4.78, 5) is 5.16. The predicted molar refractivity (Wildman–Crippen MR) is 311 cm³/mol. The summed E-state index contributed by atoms with van der Waals surface area (Å²) >= 11 is 0. The number of benzene rings is 6. The van der Waals surface area contributed by atoms with Crippen LogP contribution in [0.15, 0.2) is 144 Å². The SMILES string of the molecule is C[C@@H]1CCc2cc3ccc2[C@H]1C[C@@H](S(=O)(=O)O)[C@H]1C=C2C[C@H](C[C@H]4C[C@@H](CO)CC#Cc5cc(O)ccc5[C@@H]2O4)[C@@H]1c1ccc(cc1)[C@](C[C@H](Cc1ccccc1)[C@@]1(O)CCC[C@H](c2ccc4ccc(O)cc4c2)C1)(N=C(N)N)O3. The van der Waals surface area contributed by atoms with Gasteiger partial charge in [-0.05, 0) is 193 Å². The fraction of sp³-hybridized carbons (Fsp3) is 0.418. The first-order chi connectivity index (χ1) is 38.5. The highest BCUT2D eigenvalue weighted by molar-refractivity contribution is 7.86. The number of ether oxygens (including phenoxy) is 2. The number of phenols is 2. The van der Waals surface area contributed by atoms with E-state index >= 15 is 0 Å². The number of rotatable bonds is 9. The smallest absolute Gasteiger partial charge is 0.268 e. The van der Waals surface area contributed by atoms with Gasteiger partial charge in [0.25, 0.3) is 10.1 Å². The van der Waals surface area contributed by atoms with E-state index in [1.54, 1.807) is 24.3 Å². The number of nitrogens with two attached hydrogens (primary N) is 2. The number of aliphatic hydroxyl groups is 2. The van der Waals surface area contributed by atoms with Crippen LogP contribution in [0.25, 0.3) is 10.8 Å². The fourth-order valence-electron chi connectivity index (χ4n) is 15.3. The van der Waals surface area contributed by atoms with Gasteiger partial charge < -0.3 is 41.4 Å². The maximum Gasteiger partial charge on any atom is 0.268 e. The molecule has 5 aliphatic heterocycles. The molecule has 0 spiro atoms. The molecule has 0 unspecified atom stereocenters. The zero-order chi connectivity index (χ0) is 55.5. The van der Waals surface area contributed by atoms with E-state index in [4.69, 9.17) is 25.9 Å². The lowest BCUT2D eigenvalue weighted by Crippen LogP contribution is -2.48. The molecule has 1 saturated heterocycles. The van der Waals surface area contributed by atoms with Crippen LogP contribution in [0, 0.1) is 41.4 Å². The summed E-state index contributed by atoms with van der Waals surface area (Å²) in [6.07, 6.45) is 8.31. The molecule has 6 aromatic rings. The maximum atomic E-state index is 14.4. The third kappa shape index (κ3) is 10.7. The number of phenolic OH excluding ortho intramolecular Hbond substituents is 2. The van der Waals surface area contributed by atoms with Gasteiger partial charge in [-0.3, -0.25) is 4.55 Å². The van der Waals surface area contributed by atoms with E-state index in [1.165, 1.54) is 0 Å². The Labute approximate surface area is 469 Å². The second-order valence-corrected chi connectivity index (χ2v) is 26.0. The Kier molecular flexibility index (Phi) is 14.6. The zero-order valence-corrected chi connectivity index (χ0v) is 46.1. The minimum atomic E-state index is -4.70. The summed E-state index contributed by atoms with van der Waals surface area (Å²) in [5.74, 6) is 5.16. The lowest BCUT2D eigenvalue weighted by Gasteiger charge is -2.46. The highest BCUT2D eigenvalue weighted by Crippen LogP contribution is 2.56. The standard InChI is InChI=1S/C67H73N3O9S/c1-40-12-13-47-33-56-23-25-58(47)60(40)36-62(80(75,76)77)61-35-51-30-50(34-57-28-42(39-71)9-5-10-46-31-55(73)22-24-59(46)64(51)78-57)63(61)44-16-19-52(20-17-44)67(79-56,70-65(68)69)38-53(27-41-7-3-2-4-8-41)66(74)26-6-11-48(37-66)45-15-14-43-18-21-54(72)32-49(43)29-45/h2-4,7-8,14-25,29,31-33,35,40,42,48,50,53,57,60-64,71-74H,6,9,11-13,26-28,30,34,36-39H2,1H3,(H4,68,69,70)(H,75,76,77)/t40-,42+,48+,50-,53+,57-,60+,61-,62-,63+,64-,66-,67-/m1/s1. The molecule has 13 atom stereocenters. The number of guanidine groups is 1. The first-order valence-corrected chi connectivity index (χ1v) is 30.3. The van der Waals surface area contributed by atoms with Gasteiger partial charge in [0.1, 0.15) is 23.4 Å². The molecule has 10 bridgehead atoms. The van der Waals surface area contributed by atoms with Crippen molar-refractivity contribution in [2.45, 2.75) is 137 Å². The monoisotopic (exact) mass is 1100 g/mol. The summed E-state index contributed by atoms with van der Waals surface area (Å²) < 4.78 is 55.3. The number of aromatic hydroxyl groups is 2. The highest BCUT2D eigenvalue weighted by Gasteiger charge is 2.51. The molecule has 1 saturated carbocycles. The van der Waals surface area contributed by atoms with Gasteiger partial charge in [-0.15, -0.1) is 0 Å². The Morgan fingerprint density at radius 1 is 0.850 bits per heavy atom. The van der Waals surface area contributed by atoms with E-state index in [2.05, 4.69) is 61.2 Å². The lowest BCUT2D eigenvalue weighted by molar-refractivity contribution is -0.0834. The number of hydrogen-bond donors (Lipinski definition) is 7. The van der Waals surface area contributed by atoms with Gasteiger partial charge in [-0.25, -0.2) is 4.99 Å². The quantitative estimate of drug-likeness (QED) is 0.0237. The van der Waals surface area contributed by atoms with Crippen molar-refractivity contribution in [1.82, 2.24) is 0 Å². The first-order valence-electron chi connectivity index (χ1n) is 28.8. The van der Waals surface area contributed by atoms with Crippen molar-refractivity contribution in [1.29, 1.82) is 0 Å². The normalized spacial score (nSPS) is 30.3. The van der Waals surface area contributed by atoms with Crippen molar-refractivity contribution in [2.24, 2.45) is 46.0 Å². The van der Waals surface area contributed by atoms with Crippen LogP contribution in [0.5, 0.6) is 17.2 Å². The molecule has 9 N–H and O–H groups in total. The second-order valence-electron chi connectivity index (χ2n) is 24.3. The maximum absolute atomic E-state index is 14.4. The van der Waals surface area contributed by atoms with Gasteiger partial charge >= 0.3 is 0 Å². The van der Waals surface area contributed by atoms with Gasteiger partial charge in [0.15, 0.2) is 5.96 Å². The van der Waals surface area contributed by atoms with Crippen LogP contribution in [-0.2, 0) is 33.4 Å². The number of fused-ring (bicyclic) bond motifs is 10. The largest absolute Gasteiger partial charge is 0.508 e. The summed E-state index contributed by atoms with van der Waals surface area (Å²) in [5.41, 5.74) is 18.4. The Hall–Kier alpha value is -6.66. The lowest BCUT2D eigenvalue weighted by atomic mass is 9.64. The summed E-state index contributed by atoms with van der Waals surface area (Å²) in [5, 5.41) is 46.2. The van der Waals surface area contributed by atoms with Crippen LogP contribution >= 0.6 is 0 Å². The van der Waals surface area contributed by atoms with E-state index in [0.29, 0.717) is 61.8 Å². The van der Waals surface area contributed by atoms with Crippen LogP contribution in [0.2, 0.25) is 0 Å². The van der Waals surface area contributed by atoms with E-state index in [0.717, 1.165) is 75.4 Å². The van der Waals surface area contributed by atoms with Crippen LogP contribution < -0.4 is 16.2 Å². The van der Waals surface area contributed by atoms with Crippen molar-refractivity contribution in [3.05, 3.63) is 184 Å². The van der Waals surface area contributed by atoms with Gasteiger partial charge in [-0.1, -0.05) is 116 Å². The van der Waals surface area contributed by atoms with Gasteiger partial charge in [0.05, 0.1) is 17.0 Å². The van der Waals surface area contributed by atoms with E-state index < -0.39 is 50.6 Å². The summed E-state index contributed by atoms with van der Waals surface area (Å²) in [6.45, 7) is 2.09. The van der Waals surface area contributed by atoms with Crippen molar-refractivity contribution >= 4 is 26.9 Å². The summed E-state index contributed by atoms with van der Waals surface area (Å²) in [6, 6.07) is 41.2. The van der Waals surface area contributed by atoms with Crippen molar-refractivity contribution in [3.63, 3.8) is 0 Å². The summed E-state index contributed by atoms with van der Waals surface area (Å²) in [7, 11) is -4.70. The van der Waals surface area contributed by atoms with Gasteiger partial charge in [-0.2, -0.15) is 8.42 Å². The van der Waals surface area contributed by atoms with Gasteiger partial charge in [0.2, 0.25) is 5.72 Å². The third-order valence-corrected chi connectivity index (χ3v) is 20.5. The topological polar surface area (TPSA) is 218 Å². The van der Waals surface area contributed by atoms with Crippen molar-refractivity contribution in [2.75, 3.05) is 6.61 Å². The Bertz CT molecular complexity index is 3540. The Morgan fingerprint density at radius 2 is 1.61 bits per heavy atom. The molecule has 2 fully saturated rings. The van der Waals surface area contributed by atoms with Crippen LogP contribution in [0.3, 0.4) is 0 Å². The molecule has 0 radical (unpaired) electrons. The molecule has 13 heteroatoms. The van der Waals surface area contributed by atoms with Crippen LogP contribution in [0.1, 0.15) is 146 Å². The highest BCUT2D eigenvalue weighted by atomic mass is 32.2. The molecule has 5 heterocycles. The molecule has 0 aromatic heterocycles. The van der Waals surface area contributed by atoms with Crippen LogP contribution in [0.4, 0.5) is 0 Å².